The van der Waals surface area contributed by atoms with Gasteiger partial charge in [0.05, 0.1) is 23.5 Å². The van der Waals surface area contributed by atoms with Crippen LogP contribution in [0.5, 0.6) is 0 Å². The Morgan fingerprint density at radius 2 is 2.00 bits per heavy atom. The fourth-order valence-electron chi connectivity index (χ4n) is 3.02. The predicted octanol–water partition coefficient (Wildman–Crippen LogP) is 3.32. The van der Waals surface area contributed by atoms with Gasteiger partial charge in [-0.3, -0.25) is 19.4 Å². The van der Waals surface area contributed by atoms with Crippen LogP contribution in [0.25, 0.3) is 0 Å². The molecule has 0 radical (unpaired) electrons. The number of amides is 3. The Balaban J connectivity index is 2.15. The van der Waals surface area contributed by atoms with Crippen molar-refractivity contribution in [3.05, 3.63) is 58.4 Å². The molecular weight excluding hydrogens is 415 g/mol. The van der Waals surface area contributed by atoms with Gasteiger partial charge >= 0.3 is 11.8 Å². The Morgan fingerprint density at radius 3 is 2.66 bits per heavy atom. The number of rotatable bonds is 5. The number of hydrogen-bond acceptors (Lipinski definition) is 4. The van der Waals surface area contributed by atoms with Crippen molar-refractivity contribution in [3.8, 4) is 0 Å². The van der Waals surface area contributed by atoms with Crippen molar-refractivity contribution in [2.75, 3.05) is 11.9 Å². The first-order chi connectivity index (χ1) is 13.7. The largest absolute Gasteiger partial charge is 0.366 e. The smallest absolute Gasteiger partial charge is 0.313 e. The van der Waals surface area contributed by atoms with E-state index in [2.05, 4.69) is 16.9 Å². The van der Waals surface area contributed by atoms with Gasteiger partial charge in [-0.25, -0.2) is 0 Å². The highest BCUT2D eigenvalue weighted by Gasteiger charge is 2.32. The van der Waals surface area contributed by atoms with E-state index >= 15 is 0 Å². The maximum Gasteiger partial charge on any atom is 0.313 e. The van der Waals surface area contributed by atoms with Gasteiger partial charge in [-0.2, -0.15) is 0 Å². The van der Waals surface area contributed by atoms with Crippen LogP contribution in [0.15, 0.2) is 52.8 Å². The van der Waals surface area contributed by atoms with Gasteiger partial charge in [0.25, 0.3) is 0 Å². The van der Waals surface area contributed by atoms with E-state index in [0.717, 1.165) is 12.8 Å². The highest BCUT2D eigenvalue weighted by Crippen LogP contribution is 2.25. The highest BCUT2D eigenvalue weighted by molar-refractivity contribution is 6.39. The molecule has 0 spiro atoms. The summed E-state index contributed by atoms with van der Waals surface area (Å²) in [4.78, 5) is 41.8. The first-order valence-electron chi connectivity index (χ1n) is 8.95. The zero-order valence-electron chi connectivity index (χ0n) is 16.0. The van der Waals surface area contributed by atoms with Crippen molar-refractivity contribution < 1.29 is 14.4 Å². The van der Waals surface area contributed by atoms with Crippen molar-refractivity contribution in [2.45, 2.75) is 32.2 Å². The minimum Gasteiger partial charge on any atom is -0.366 e. The van der Waals surface area contributed by atoms with Gasteiger partial charge in [-0.1, -0.05) is 29.8 Å². The van der Waals surface area contributed by atoms with Crippen LogP contribution in [0.4, 0.5) is 5.69 Å². The van der Waals surface area contributed by atoms with Crippen LogP contribution in [-0.2, 0) is 9.59 Å². The number of aromatic nitrogens is 1. The molecule has 1 aromatic heterocycles. The maximum absolute atomic E-state index is 12.8. The van der Waals surface area contributed by atoms with Crippen LogP contribution < -0.4 is 11.1 Å². The summed E-state index contributed by atoms with van der Waals surface area (Å²) in [6, 6.07) is 1.01. The second-order valence-electron chi connectivity index (χ2n) is 6.63. The van der Waals surface area contributed by atoms with Crippen molar-refractivity contribution in [1.29, 1.82) is 0 Å². The second-order valence-corrected chi connectivity index (χ2v) is 7.66. The van der Waals surface area contributed by atoms with Crippen LogP contribution in [0.1, 0.15) is 36.5 Å². The monoisotopic (exact) mass is 436 g/mol. The molecule has 1 aromatic rings. The number of carbonyl (C=O) groups is 3. The molecule has 3 amide bonds. The molecule has 7 nitrogen and oxygen atoms in total. The molecule has 9 heteroatoms. The summed E-state index contributed by atoms with van der Waals surface area (Å²) in [5, 5.41) is 3.37. The van der Waals surface area contributed by atoms with E-state index in [1.165, 1.54) is 23.4 Å². The number of nitrogens with zero attached hydrogens (tertiary/aromatic N) is 2. The summed E-state index contributed by atoms with van der Waals surface area (Å²) in [7, 11) is 0. The molecule has 29 heavy (non-hydrogen) atoms. The molecular formula is C20H22Cl2N4O3. The van der Waals surface area contributed by atoms with Crippen molar-refractivity contribution in [2.24, 2.45) is 5.73 Å². The number of carbonyl (C=O) groups excluding carboxylic acids is 3. The van der Waals surface area contributed by atoms with Crippen LogP contribution in [0, 0.1) is 0 Å². The Morgan fingerprint density at radius 1 is 1.28 bits per heavy atom. The number of likely N-dealkylation sites (tertiary alicyclic amines) is 1. The van der Waals surface area contributed by atoms with Crippen molar-refractivity contribution >= 4 is 46.6 Å². The summed E-state index contributed by atoms with van der Waals surface area (Å²) in [5.74, 6) is -2.22. The minimum atomic E-state index is -0.834. The average molecular weight is 437 g/mol. The molecule has 3 N–H and O–H groups in total. The van der Waals surface area contributed by atoms with E-state index < -0.39 is 17.7 Å². The molecule has 1 saturated heterocycles. The quantitative estimate of drug-likeness (QED) is 0.545. The number of piperidine rings is 1. The number of halogens is 2. The second kappa shape index (κ2) is 10.2. The maximum atomic E-state index is 12.8. The number of hydrogen-bond donors (Lipinski definition) is 2. The minimum absolute atomic E-state index is 0.127. The Kier molecular flexibility index (Phi) is 7.99. The highest BCUT2D eigenvalue weighted by atomic mass is 35.5. The van der Waals surface area contributed by atoms with E-state index in [0.29, 0.717) is 28.6 Å². The summed E-state index contributed by atoms with van der Waals surface area (Å²) in [6.07, 6.45) is 8.16. The standard InChI is InChI=1S/C20H22Cl2N4O3/c1-12(7-15(22)8-13(2)21)17-5-3-4-6-26(17)20(29)19(28)25-16-9-14(18(23)27)10-24-11-16/h7-11,17H,1,3-6H2,2H3,(H2,23,27)(H,25,28)/b13-8+,15-7+/t17-/m0/s1. The van der Waals surface area contributed by atoms with Gasteiger partial charge in [0.1, 0.15) is 0 Å². The van der Waals surface area contributed by atoms with E-state index in [4.69, 9.17) is 28.9 Å². The molecule has 1 atom stereocenters. The van der Waals surface area contributed by atoms with E-state index in [1.54, 1.807) is 19.1 Å². The van der Waals surface area contributed by atoms with E-state index in [-0.39, 0.29) is 17.3 Å². The first kappa shape index (κ1) is 22.6. The molecule has 0 unspecified atom stereocenters. The van der Waals surface area contributed by atoms with Crippen LogP contribution >= 0.6 is 23.2 Å². The van der Waals surface area contributed by atoms with Gasteiger partial charge in [-0.05, 0) is 50.0 Å². The topological polar surface area (TPSA) is 105 Å². The normalized spacial score (nSPS) is 17.6. The third-order valence-electron chi connectivity index (χ3n) is 4.33. The fourth-order valence-corrected chi connectivity index (χ4v) is 3.50. The first-order valence-corrected chi connectivity index (χ1v) is 9.71. The number of nitrogens with one attached hydrogen (secondary N) is 1. The lowest BCUT2D eigenvalue weighted by molar-refractivity contribution is -0.145. The lowest BCUT2D eigenvalue weighted by Gasteiger charge is -2.35. The lowest BCUT2D eigenvalue weighted by atomic mass is 9.95. The van der Waals surface area contributed by atoms with Gasteiger partial charge in [0.15, 0.2) is 0 Å². The fraction of sp³-hybridized carbons (Fsp3) is 0.300. The predicted molar refractivity (Wildman–Crippen MR) is 113 cm³/mol. The molecule has 2 heterocycles. The molecule has 0 bridgehead atoms. The molecule has 154 valence electrons. The van der Waals surface area contributed by atoms with E-state index in [9.17, 15) is 14.4 Å². The summed E-state index contributed by atoms with van der Waals surface area (Å²) < 4.78 is 0. The van der Waals surface area contributed by atoms with Gasteiger partial charge in [-0.15, -0.1) is 0 Å². The summed E-state index contributed by atoms with van der Waals surface area (Å²) >= 11 is 12.0. The lowest BCUT2D eigenvalue weighted by Crippen LogP contribution is -2.48. The third kappa shape index (κ3) is 6.44. The Labute approximate surface area is 179 Å². The van der Waals surface area contributed by atoms with Crippen LogP contribution in [0.2, 0.25) is 0 Å². The number of primary amides is 1. The molecule has 2 rings (SSSR count). The molecule has 0 aliphatic carbocycles. The van der Waals surface area contributed by atoms with Gasteiger partial charge in [0, 0.05) is 22.8 Å². The SMILES string of the molecule is C=C(/C=C(Cl)\C=C(/C)Cl)[C@@H]1CCCCN1C(=O)C(=O)Nc1cncc(C(N)=O)c1. The molecule has 1 aliphatic heterocycles. The number of nitrogens with two attached hydrogens (primary N) is 1. The zero-order valence-corrected chi connectivity index (χ0v) is 17.5. The van der Waals surface area contributed by atoms with Gasteiger partial charge < -0.3 is 16.0 Å². The molecule has 1 fully saturated rings. The number of pyridine rings is 1. The van der Waals surface area contributed by atoms with E-state index in [1.807, 2.05) is 0 Å². The molecule has 1 aliphatic rings. The number of anilines is 1. The summed E-state index contributed by atoms with van der Waals surface area (Å²) in [6.45, 7) is 6.13. The summed E-state index contributed by atoms with van der Waals surface area (Å²) in [5.41, 5.74) is 6.15. The van der Waals surface area contributed by atoms with Crippen molar-refractivity contribution in [1.82, 2.24) is 9.88 Å². The zero-order chi connectivity index (χ0) is 21.6. The average Bonchev–Trinajstić information content (AvgIpc) is 2.66. The van der Waals surface area contributed by atoms with Crippen molar-refractivity contribution in [3.63, 3.8) is 0 Å². The molecule has 0 aromatic carbocycles. The van der Waals surface area contributed by atoms with Crippen LogP contribution in [-0.4, -0.2) is 40.2 Å². The van der Waals surface area contributed by atoms with Gasteiger partial charge in [0.2, 0.25) is 5.91 Å². The molecule has 0 saturated carbocycles. The third-order valence-corrected chi connectivity index (χ3v) is 4.65. The Bertz CT molecular complexity index is 891. The Hall–Kier alpha value is -2.64. The number of allylic oxidation sites excluding steroid dienone is 3. The van der Waals surface area contributed by atoms with Crippen LogP contribution in [0.3, 0.4) is 0 Å².